The number of rotatable bonds is 3. The van der Waals surface area contributed by atoms with Gasteiger partial charge in [-0.05, 0) is 26.6 Å². The van der Waals surface area contributed by atoms with Gasteiger partial charge in [-0.25, -0.2) is 0 Å². The Bertz CT molecular complexity index is 170. The Labute approximate surface area is 87.0 Å². The molecule has 0 aromatic heterocycles. The maximum Gasteiger partial charge on any atom is 0.0198 e. The zero-order valence-electron chi connectivity index (χ0n) is 8.50. The maximum atomic E-state index is 4.22. The molecule has 0 saturated carbocycles. The highest BCUT2D eigenvalue weighted by molar-refractivity contribution is 7.80. The number of nitrogens with zero attached hydrogens (tertiary/aromatic N) is 2. The van der Waals surface area contributed by atoms with E-state index >= 15 is 0 Å². The molecular weight excluding hydrogens is 180 g/mol. The molecule has 1 aliphatic rings. The van der Waals surface area contributed by atoms with Crippen molar-refractivity contribution in [2.24, 2.45) is 0 Å². The molecule has 0 radical (unpaired) electrons. The van der Waals surface area contributed by atoms with Crippen LogP contribution in [0.3, 0.4) is 0 Å². The van der Waals surface area contributed by atoms with Gasteiger partial charge >= 0.3 is 0 Å². The molecule has 0 aromatic carbocycles. The van der Waals surface area contributed by atoms with Gasteiger partial charge in [0.1, 0.15) is 0 Å². The summed E-state index contributed by atoms with van der Waals surface area (Å²) in [6, 6.07) is 0. The Morgan fingerprint density at radius 2 is 2.08 bits per heavy atom. The molecule has 1 fully saturated rings. The summed E-state index contributed by atoms with van der Waals surface area (Å²) in [4.78, 5) is 4.87. The molecular formula is C10H20N2S. The van der Waals surface area contributed by atoms with Crippen molar-refractivity contribution in [2.45, 2.75) is 6.42 Å². The molecule has 3 heteroatoms. The smallest absolute Gasteiger partial charge is 0.0198 e. The quantitative estimate of drug-likeness (QED) is 0.538. The van der Waals surface area contributed by atoms with Crippen LogP contribution in [0, 0.1) is 0 Å². The molecule has 1 heterocycles. The van der Waals surface area contributed by atoms with E-state index in [-0.39, 0.29) is 0 Å². The standard InChI is InChI=1S/C10H20N2S/c1-10(9-13)8-12-5-3-4-11(2)6-7-12/h13H,1,3-9H2,2H3. The first-order chi connectivity index (χ1) is 6.22. The summed E-state index contributed by atoms with van der Waals surface area (Å²) in [6.07, 6.45) is 1.27. The fourth-order valence-electron chi connectivity index (χ4n) is 1.62. The van der Waals surface area contributed by atoms with Gasteiger partial charge in [-0.1, -0.05) is 12.2 Å². The number of likely N-dealkylation sites (N-methyl/N-ethyl adjacent to an activating group) is 1. The van der Waals surface area contributed by atoms with E-state index in [2.05, 4.69) is 36.1 Å². The third-order valence-corrected chi connectivity index (χ3v) is 2.93. The summed E-state index contributed by atoms with van der Waals surface area (Å²) in [5, 5.41) is 0. The normalized spacial score (nSPS) is 21.4. The van der Waals surface area contributed by atoms with Gasteiger partial charge in [-0.2, -0.15) is 12.6 Å². The van der Waals surface area contributed by atoms with Crippen LogP contribution in [-0.4, -0.2) is 55.3 Å². The van der Waals surface area contributed by atoms with Crippen LogP contribution in [0.25, 0.3) is 0 Å². The van der Waals surface area contributed by atoms with Crippen molar-refractivity contribution in [3.8, 4) is 0 Å². The minimum atomic E-state index is 0.812. The van der Waals surface area contributed by atoms with Gasteiger partial charge in [0.05, 0.1) is 0 Å². The lowest BCUT2D eigenvalue weighted by atomic mass is 10.3. The molecule has 2 nitrogen and oxygen atoms in total. The molecule has 0 spiro atoms. The van der Waals surface area contributed by atoms with Crippen LogP contribution < -0.4 is 0 Å². The minimum absolute atomic E-state index is 0.812. The Balaban J connectivity index is 2.29. The van der Waals surface area contributed by atoms with Crippen molar-refractivity contribution in [1.82, 2.24) is 9.80 Å². The van der Waals surface area contributed by atoms with Gasteiger partial charge < -0.3 is 4.90 Å². The lowest BCUT2D eigenvalue weighted by Crippen LogP contribution is -2.30. The molecule has 0 aromatic rings. The van der Waals surface area contributed by atoms with Crippen LogP contribution in [0.2, 0.25) is 0 Å². The Morgan fingerprint density at radius 3 is 2.77 bits per heavy atom. The lowest BCUT2D eigenvalue weighted by Gasteiger charge is -2.20. The molecule has 13 heavy (non-hydrogen) atoms. The summed E-state index contributed by atoms with van der Waals surface area (Å²) < 4.78 is 0. The molecule has 0 aliphatic carbocycles. The second-order valence-electron chi connectivity index (χ2n) is 3.84. The van der Waals surface area contributed by atoms with Crippen molar-refractivity contribution >= 4 is 12.6 Å². The number of hydrogen-bond donors (Lipinski definition) is 1. The van der Waals surface area contributed by atoms with Gasteiger partial charge in [0, 0.05) is 25.4 Å². The van der Waals surface area contributed by atoms with Crippen molar-refractivity contribution in [3.63, 3.8) is 0 Å². The first-order valence-corrected chi connectivity index (χ1v) is 5.54. The van der Waals surface area contributed by atoms with Crippen LogP contribution >= 0.6 is 12.6 Å². The predicted molar refractivity (Wildman–Crippen MR) is 61.5 cm³/mol. The Hall–Kier alpha value is 0.01000. The van der Waals surface area contributed by atoms with Crippen molar-refractivity contribution in [3.05, 3.63) is 12.2 Å². The lowest BCUT2D eigenvalue weighted by molar-refractivity contribution is 0.295. The Morgan fingerprint density at radius 1 is 1.31 bits per heavy atom. The maximum absolute atomic E-state index is 4.22. The summed E-state index contributed by atoms with van der Waals surface area (Å²) >= 11 is 4.22. The molecule has 76 valence electrons. The van der Waals surface area contributed by atoms with Crippen molar-refractivity contribution < 1.29 is 0 Å². The highest BCUT2D eigenvalue weighted by Crippen LogP contribution is 2.04. The molecule has 1 saturated heterocycles. The van der Waals surface area contributed by atoms with E-state index in [4.69, 9.17) is 0 Å². The van der Waals surface area contributed by atoms with Crippen LogP contribution in [0.4, 0.5) is 0 Å². The van der Waals surface area contributed by atoms with Crippen LogP contribution in [0.1, 0.15) is 6.42 Å². The SMILES string of the molecule is C=C(CS)CN1CCCN(C)CC1. The molecule has 0 N–H and O–H groups in total. The average molecular weight is 200 g/mol. The van der Waals surface area contributed by atoms with Crippen LogP contribution in [-0.2, 0) is 0 Å². The van der Waals surface area contributed by atoms with E-state index in [0.717, 1.165) is 12.3 Å². The largest absolute Gasteiger partial charge is 0.305 e. The summed E-state index contributed by atoms with van der Waals surface area (Å²) in [5.41, 5.74) is 1.23. The fraction of sp³-hybridized carbons (Fsp3) is 0.800. The third-order valence-electron chi connectivity index (χ3n) is 2.48. The summed E-state index contributed by atoms with van der Waals surface area (Å²) in [7, 11) is 2.19. The van der Waals surface area contributed by atoms with Crippen LogP contribution in [0.15, 0.2) is 12.2 Å². The van der Waals surface area contributed by atoms with Gasteiger partial charge in [-0.3, -0.25) is 4.90 Å². The average Bonchev–Trinajstić information content (AvgIpc) is 2.31. The van der Waals surface area contributed by atoms with Crippen molar-refractivity contribution in [1.29, 1.82) is 0 Å². The zero-order valence-corrected chi connectivity index (χ0v) is 9.39. The minimum Gasteiger partial charge on any atom is -0.305 e. The van der Waals surface area contributed by atoms with E-state index in [1.54, 1.807) is 0 Å². The molecule has 0 atom stereocenters. The second-order valence-corrected chi connectivity index (χ2v) is 4.16. The van der Waals surface area contributed by atoms with Gasteiger partial charge in [0.2, 0.25) is 0 Å². The first-order valence-electron chi connectivity index (χ1n) is 4.91. The second kappa shape index (κ2) is 5.68. The summed E-state index contributed by atoms with van der Waals surface area (Å²) in [6.45, 7) is 9.79. The van der Waals surface area contributed by atoms with Crippen molar-refractivity contribution in [2.75, 3.05) is 45.5 Å². The van der Waals surface area contributed by atoms with E-state index < -0.39 is 0 Å². The fourth-order valence-corrected chi connectivity index (χ4v) is 1.72. The highest BCUT2D eigenvalue weighted by atomic mass is 32.1. The molecule has 1 aliphatic heterocycles. The third kappa shape index (κ3) is 4.16. The van der Waals surface area contributed by atoms with E-state index in [1.807, 2.05) is 0 Å². The van der Waals surface area contributed by atoms with Gasteiger partial charge in [-0.15, -0.1) is 0 Å². The number of hydrogen-bond acceptors (Lipinski definition) is 3. The Kier molecular flexibility index (Phi) is 4.84. The van der Waals surface area contributed by atoms with E-state index in [1.165, 1.54) is 38.2 Å². The molecule has 0 unspecified atom stereocenters. The van der Waals surface area contributed by atoms with Gasteiger partial charge in [0.25, 0.3) is 0 Å². The van der Waals surface area contributed by atoms with Gasteiger partial charge in [0.15, 0.2) is 0 Å². The number of thiol groups is 1. The summed E-state index contributed by atoms with van der Waals surface area (Å²) in [5.74, 6) is 0.812. The zero-order chi connectivity index (χ0) is 9.68. The molecule has 1 rings (SSSR count). The van der Waals surface area contributed by atoms with E-state index in [0.29, 0.717) is 0 Å². The molecule has 0 amide bonds. The van der Waals surface area contributed by atoms with E-state index in [9.17, 15) is 0 Å². The predicted octanol–water partition coefficient (Wildman–Crippen LogP) is 1.11. The highest BCUT2D eigenvalue weighted by Gasteiger charge is 2.11. The first kappa shape index (κ1) is 11.1. The monoisotopic (exact) mass is 200 g/mol. The topological polar surface area (TPSA) is 6.48 Å². The molecule has 0 bridgehead atoms. The van der Waals surface area contributed by atoms with Crippen LogP contribution in [0.5, 0.6) is 0 Å².